The summed E-state index contributed by atoms with van der Waals surface area (Å²) in [7, 11) is 2.02. The van der Waals surface area contributed by atoms with Crippen LogP contribution in [0.2, 0.25) is 0 Å². The summed E-state index contributed by atoms with van der Waals surface area (Å²) in [5.41, 5.74) is 0. The smallest absolute Gasteiger partial charge is 0.140 e. The molecule has 0 spiro atoms. The van der Waals surface area contributed by atoms with Gasteiger partial charge >= 0.3 is 0 Å². The molecule has 2 aromatic rings. The SMILES string of the molecule is CNCC1CCN(c2ncnc3sccc23)C1. The Labute approximate surface area is 105 Å². The molecule has 90 valence electrons. The highest BCUT2D eigenvalue weighted by molar-refractivity contribution is 7.16. The first-order valence-corrected chi connectivity index (χ1v) is 6.84. The number of thiophene rings is 1. The Bertz CT molecular complexity index is 510. The molecular weight excluding hydrogens is 232 g/mol. The highest BCUT2D eigenvalue weighted by Gasteiger charge is 2.24. The summed E-state index contributed by atoms with van der Waals surface area (Å²) in [5, 5.41) is 6.54. The molecule has 1 aliphatic rings. The molecular formula is C12H16N4S. The summed E-state index contributed by atoms with van der Waals surface area (Å²) in [5.74, 6) is 1.85. The lowest BCUT2D eigenvalue weighted by Gasteiger charge is -2.18. The minimum Gasteiger partial charge on any atom is -0.356 e. The zero-order valence-corrected chi connectivity index (χ0v) is 10.7. The Kier molecular flexibility index (Phi) is 2.94. The lowest BCUT2D eigenvalue weighted by molar-refractivity contribution is 0.549. The molecule has 0 aromatic carbocycles. The molecule has 5 heteroatoms. The molecule has 0 amide bonds. The van der Waals surface area contributed by atoms with Crippen molar-refractivity contribution in [3.63, 3.8) is 0 Å². The van der Waals surface area contributed by atoms with Gasteiger partial charge in [0, 0.05) is 13.1 Å². The molecule has 1 atom stereocenters. The van der Waals surface area contributed by atoms with Crippen LogP contribution in [0.15, 0.2) is 17.8 Å². The quantitative estimate of drug-likeness (QED) is 0.898. The fraction of sp³-hybridized carbons (Fsp3) is 0.500. The van der Waals surface area contributed by atoms with Gasteiger partial charge in [0.15, 0.2) is 0 Å². The second-order valence-electron chi connectivity index (χ2n) is 4.50. The molecule has 2 aromatic heterocycles. The fourth-order valence-corrected chi connectivity index (χ4v) is 3.24. The van der Waals surface area contributed by atoms with E-state index in [1.807, 2.05) is 7.05 Å². The average Bonchev–Trinajstić information content (AvgIpc) is 2.96. The van der Waals surface area contributed by atoms with Crippen LogP contribution in [-0.4, -0.2) is 36.6 Å². The van der Waals surface area contributed by atoms with Crippen molar-refractivity contribution < 1.29 is 0 Å². The van der Waals surface area contributed by atoms with Gasteiger partial charge in [0.2, 0.25) is 0 Å². The Morgan fingerprint density at radius 1 is 1.53 bits per heavy atom. The maximum atomic E-state index is 4.46. The van der Waals surface area contributed by atoms with E-state index in [0.717, 1.165) is 36.2 Å². The number of hydrogen-bond donors (Lipinski definition) is 1. The van der Waals surface area contributed by atoms with Crippen molar-refractivity contribution in [3.8, 4) is 0 Å². The van der Waals surface area contributed by atoms with Crippen LogP contribution >= 0.6 is 11.3 Å². The lowest BCUT2D eigenvalue weighted by atomic mass is 10.1. The first kappa shape index (κ1) is 10.9. The largest absolute Gasteiger partial charge is 0.356 e. The van der Waals surface area contributed by atoms with Crippen molar-refractivity contribution in [2.45, 2.75) is 6.42 Å². The Morgan fingerprint density at radius 3 is 3.35 bits per heavy atom. The van der Waals surface area contributed by atoms with E-state index in [9.17, 15) is 0 Å². The molecule has 1 unspecified atom stereocenters. The topological polar surface area (TPSA) is 41.0 Å². The summed E-state index contributed by atoms with van der Waals surface area (Å²) in [4.78, 5) is 12.2. The molecule has 3 rings (SSSR count). The molecule has 17 heavy (non-hydrogen) atoms. The number of aromatic nitrogens is 2. The van der Waals surface area contributed by atoms with Crippen molar-refractivity contribution >= 4 is 27.4 Å². The molecule has 4 nitrogen and oxygen atoms in total. The molecule has 3 heterocycles. The first-order valence-electron chi connectivity index (χ1n) is 5.96. The Balaban J connectivity index is 1.87. The van der Waals surface area contributed by atoms with E-state index in [-0.39, 0.29) is 0 Å². The van der Waals surface area contributed by atoms with Crippen LogP contribution in [0.5, 0.6) is 0 Å². The van der Waals surface area contributed by atoms with Gasteiger partial charge in [-0.05, 0) is 37.4 Å². The van der Waals surface area contributed by atoms with Gasteiger partial charge in [-0.1, -0.05) is 0 Å². The predicted molar refractivity (Wildman–Crippen MR) is 71.7 cm³/mol. The zero-order valence-electron chi connectivity index (χ0n) is 9.89. The maximum Gasteiger partial charge on any atom is 0.140 e. The highest BCUT2D eigenvalue weighted by atomic mass is 32.1. The zero-order chi connectivity index (χ0) is 11.7. The normalized spacial score (nSPS) is 20.3. The van der Waals surface area contributed by atoms with Gasteiger partial charge in [0.05, 0.1) is 5.39 Å². The standard InChI is InChI=1S/C12H16N4S/c1-13-6-9-2-4-16(7-9)11-10-3-5-17-12(10)15-8-14-11/h3,5,8-9,13H,2,4,6-7H2,1H3. The monoisotopic (exact) mass is 248 g/mol. The summed E-state index contributed by atoms with van der Waals surface area (Å²) >= 11 is 1.68. The van der Waals surface area contributed by atoms with E-state index in [1.165, 1.54) is 11.8 Å². The summed E-state index contributed by atoms with van der Waals surface area (Å²) in [6, 6.07) is 2.13. The number of nitrogens with one attached hydrogen (secondary N) is 1. The summed E-state index contributed by atoms with van der Waals surface area (Å²) in [6.45, 7) is 3.30. The van der Waals surface area contributed by atoms with Gasteiger partial charge in [-0.2, -0.15) is 0 Å². The lowest BCUT2D eigenvalue weighted by Crippen LogP contribution is -2.25. The fourth-order valence-electron chi connectivity index (χ4n) is 2.51. The van der Waals surface area contributed by atoms with Gasteiger partial charge in [0.1, 0.15) is 17.0 Å². The number of hydrogen-bond acceptors (Lipinski definition) is 5. The van der Waals surface area contributed by atoms with Crippen molar-refractivity contribution in [2.24, 2.45) is 5.92 Å². The number of fused-ring (bicyclic) bond motifs is 1. The number of nitrogens with zero attached hydrogens (tertiary/aromatic N) is 3. The second-order valence-corrected chi connectivity index (χ2v) is 5.39. The van der Waals surface area contributed by atoms with Gasteiger partial charge in [-0.25, -0.2) is 9.97 Å². The van der Waals surface area contributed by atoms with Crippen molar-refractivity contribution in [1.29, 1.82) is 0 Å². The number of anilines is 1. The minimum atomic E-state index is 0.739. The molecule has 0 aliphatic carbocycles. The van der Waals surface area contributed by atoms with Crippen molar-refractivity contribution in [2.75, 3.05) is 31.6 Å². The second kappa shape index (κ2) is 4.58. The predicted octanol–water partition coefficient (Wildman–Crippen LogP) is 1.74. The van der Waals surface area contributed by atoms with Crippen LogP contribution in [0.3, 0.4) is 0 Å². The average molecular weight is 248 g/mol. The van der Waals surface area contributed by atoms with Crippen LogP contribution < -0.4 is 10.2 Å². The third kappa shape index (κ3) is 2.00. The van der Waals surface area contributed by atoms with Crippen molar-refractivity contribution in [1.82, 2.24) is 15.3 Å². The van der Waals surface area contributed by atoms with Crippen LogP contribution in [0, 0.1) is 5.92 Å². The summed E-state index contributed by atoms with van der Waals surface area (Å²) < 4.78 is 0. The molecule has 1 aliphatic heterocycles. The van der Waals surface area contributed by atoms with E-state index in [1.54, 1.807) is 17.7 Å². The van der Waals surface area contributed by atoms with Crippen LogP contribution in [0.25, 0.3) is 10.2 Å². The van der Waals surface area contributed by atoms with E-state index < -0.39 is 0 Å². The maximum absolute atomic E-state index is 4.46. The Morgan fingerprint density at radius 2 is 2.47 bits per heavy atom. The van der Waals surface area contributed by atoms with Crippen molar-refractivity contribution in [3.05, 3.63) is 17.8 Å². The van der Waals surface area contributed by atoms with Crippen LogP contribution in [0.1, 0.15) is 6.42 Å². The molecule has 1 fully saturated rings. The molecule has 1 saturated heterocycles. The minimum absolute atomic E-state index is 0.739. The number of rotatable bonds is 3. The molecule has 0 bridgehead atoms. The third-order valence-corrected chi connectivity index (χ3v) is 4.14. The van der Waals surface area contributed by atoms with E-state index in [4.69, 9.17) is 0 Å². The summed E-state index contributed by atoms with van der Waals surface area (Å²) in [6.07, 6.45) is 2.93. The third-order valence-electron chi connectivity index (χ3n) is 3.32. The van der Waals surface area contributed by atoms with E-state index in [2.05, 4.69) is 31.6 Å². The molecule has 0 radical (unpaired) electrons. The first-order chi connectivity index (χ1) is 8.38. The van der Waals surface area contributed by atoms with E-state index >= 15 is 0 Å². The van der Waals surface area contributed by atoms with Gasteiger partial charge in [0.25, 0.3) is 0 Å². The Hall–Kier alpha value is -1.20. The van der Waals surface area contributed by atoms with Gasteiger partial charge < -0.3 is 10.2 Å². The highest BCUT2D eigenvalue weighted by Crippen LogP contribution is 2.30. The van der Waals surface area contributed by atoms with Crippen LogP contribution in [0.4, 0.5) is 5.82 Å². The van der Waals surface area contributed by atoms with Gasteiger partial charge in [-0.15, -0.1) is 11.3 Å². The molecule has 1 N–H and O–H groups in total. The van der Waals surface area contributed by atoms with Crippen LogP contribution in [-0.2, 0) is 0 Å². The molecule has 0 saturated carbocycles. The van der Waals surface area contributed by atoms with E-state index in [0.29, 0.717) is 0 Å². The van der Waals surface area contributed by atoms with Gasteiger partial charge in [-0.3, -0.25) is 0 Å².